The summed E-state index contributed by atoms with van der Waals surface area (Å²) in [6.45, 7) is 2.73. The van der Waals surface area contributed by atoms with Gasteiger partial charge in [0.05, 0.1) is 0 Å². The second-order valence-electron chi connectivity index (χ2n) is 5.97. The number of benzene rings is 2. The number of amides is 2. The number of carbonyl (C=O) groups excluding carboxylic acids is 2. The molecule has 124 valence electrons. The molecule has 2 aromatic carbocycles. The Bertz CT molecular complexity index is 789. The van der Waals surface area contributed by atoms with Crippen molar-refractivity contribution in [3.63, 3.8) is 0 Å². The maximum Gasteiger partial charge on any atom is 0.255 e. The number of piperidine rings is 1. The number of anilines is 2. The highest BCUT2D eigenvalue weighted by molar-refractivity contribution is 9.10. The second-order valence-corrected chi connectivity index (χ2v) is 6.88. The summed E-state index contributed by atoms with van der Waals surface area (Å²) in [4.78, 5) is 26.2. The molecule has 0 spiro atoms. The molecular formula is C19H19BrN2O2. The number of hydrogen-bond donors (Lipinski definition) is 1. The molecule has 0 atom stereocenters. The van der Waals surface area contributed by atoms with Crippen LogP contribution >= 0.6 is 15.9 Å². The van der Waals surface area contributed by atoms with Gasteiger partial charge in [0.2, 0.25) is 5.91 Å². The Labute approximate surface area is 150 Å². The lowest BCUT2D eigenvalue weighted by atomic mass is 10.1. The van der Waals surface area contributed by atoms with E-state index in [0.717, 1.165) is 40.8 Å². The zero-order chi connectivity index (χ0) is 17.1. The molecule has 0 radical (unpaired) electrons. The molecule has 24 heavy (non-hydrogen) atoms. The highest BCUT2D eigenvalue weighted by Crippen LogP contribution is 2.27. The fraction of sp³-hybridized carbons (Fsp3) is 0.263. The van der Waals surface area contributed by atoms with Gasteiger partial charge < -0.3 is 10.2 Å². The Morgan fingerprint density at radius 1 is 1.17 bits per heavy atom. The summed E-state index contributed by atoms with van der Waals surface area (Å²) in [5.41, 5.74) is 3.24. The van der Waals surface area contributed by atoms with Crippen LogP contribution in [0.3, 0.4) is 0 Å². The van der Waals surface area contributed by atoms with E-state index in [4.69, 9.17) is 0 Å². The maximum atomic E-state index is 12.3. The number of carbonyl (C=O) groups is 2. The van der Waals surface area contributed by atoms with E-state index in [2.05, 4.69) is 21.2 Å². The van der Waals surface area contributed by atoms with Gasteiger partial charge >= 0.3 is 0 Å². The van der Waals surface area contributed by atoms with Crippen molar-refractivity contribution in [1.29, 1.82) is 0 Å². The lowest BCUT2D eigenvalue weighted by molar-refractivity contribution is -0.119. The minimum atomic E-state index is -0.155. The van der Waals surface area contributed by atoms with Gasteiger partial charge in [0.15, 0.2) is 0 Å². The molecule has 3 rings (SSSR count). The van der Waals surface area contributed by atoms with Crippen LogP contribution in [-0.4, -0.2) is 18.4 Å². The van der Waals surface area contributed by atoms with Gasteiger partial charge in [-0.2, -0.15) is 0 Å². The van der Waals surface area contributed by atoms with Crippen molar-refractivity contribution in [2.75, 3.05) is 16.8 Å². The molecule has 1 heterocycles. The Balaban J connectivity index is 1.77. The van der Waals surface area contributed by atoms with Crippen molar-refractivity contribution in [2.45, 2.75) is 26.2 Å². The van der Waals surface area contributed by atoms with Crippen molar-refractivity contribution in [2.24, 2.45) is 0 Å². The number of hydrogen-bond acceptors (Lipinski definition) is 2. The van der Waals surface area contributed by atoms with Crippen molar-refractivity contribution in [1.82, 2.24) is 0 Å². The molecular weight excluding hydrogens is 368 g/mol. The van der Waals surface area contributed by atoms with Crippen molar-refractivity contribution in [3.05, 3.63) is 58.1 Å². The van der Waals surface area contributed by atoms with E-state index in [1.165, 1.54) is 0 Å². The summed E-state index contributed by atoms with van der Waals surface area (Å²) < 4.78 is 0.866. The number of aryl methyl sites for hydroxylation is 1. The first-order chi connectivity index (χ1) is 11.5. The summed E-state index contributed by atoms with van der Waals surface area (Å²) in [6, 6.07) is 12.9. The zero-order valence-corrected chi connectivity index (χ0v) is 15.1. The molecule has 2 aromatic rings. The molecule has 5 heteroatoms. The van der Waals surface area contributed by atoms with Crippen molar-refractivity contribution < 1.29 is 9.59 Å². The van der Waals surface area contributed by atoms with Gasteiger partial charge in [-0.15, -0.1) is 0 Å². The van der Waals surface area contributed by atoms with Gasteiger partial charge in [-0.25, -0.2) is 0 Å². The summed E-state index contributed by atoms with van der Waals surface area (Å²) in [5.74, 6) is 0.0211. The first-order valence-electron chi connectivity index (χ1n) is 8.02. The SMILES string of the molecule is Cc1cc(NC(=O)c2cccc(Br)c2)ccc1N1CCCCC1=O. The van der Waals surface area contributed by atoms with E-state index < -0.39 is 0 Å². The Kier molecular flexibility index (Phi) is 5.00. The van der Waals surface area contributed by atoms with E-state index in [0.29, 0.717) is 12.0 Å². The minimum absolute atomic E-state index is 0.155. The smallest absolute Gasteiger partial charge is 0.255 e. The van der Waals surface area contributed by atoms with Crippen LogP contribution in [-0.2, 0) is 4.79 Å². The minimum Gasteiger partial charge on any atom is -0.322 e. The Morgan fingerprint density at radius 3 is 2.71 bits per heavy atom. The summed E-state index contributed by atoms with van der Waals surface area (Å²) in [5, 5.41) is 2.90. The Morgan fingerprint density at radius 2 is 2.00 bits per heavy atom. The number of rotatable bonds is 3. The molecule has 1 saturated heterocycles. The number of halogens is 1. The van der Waals surface area contributed by atoms with E-state index in [1.54, 1.807) is 12.1 Å². The number of nitrogens with one attached hydrogen (secondary N) is 1. The molecule has 4 nitrogen and oxygen atoms in total. The van der Waals surface area contributed by atoms with Crippen LogP contribution in [0, 0.1) is 6.92 Å². The van der Waals surface area contributed by atoms with Crippen LogP contribution in [0.25, 0.3) is 0 Å². The highest BCUT2D eigenvalue weighted by atomic mass is 79.9. The predicted octanol–water partition coefficient (Wildman–Crippen LogP) is 4.53. The third-order valence-electron chi connectivity index (χ3n) is 4.16. The Hall–Kier alpha value is -2.14. The average molecular weight is 387 g/mol. The van der Waals surface area contributed by atoms with Crippen molar-refractivity contribution >= 4 is 39.1 Å². The predicted molar refractivity (Wildman–Crippen MR) is 99.5 cm³/mol. The van der Waals surface area contributed by atoms with E-state index in [1.807, 2.05) is 42.2 Å². The average Bonchev–Trinajstić information content (AvgIpc) is 2.56. The molecule has 2 amide bonds. The van der Waals surface area contributed by atoms with Crippen LogP contribution in [0.5, 0.6) is 0 Å². The molecule has 1 aliphatic rings. The van der Waals surface area contributed by atoms with Crippen molar-refractivity contribution in [3.8, 4) is 0 Å². The van der Waals surface area contributed by atoms with Crippen LogP contribution < -0.4 is 10.2 Å². The molecule has 0 bridgehead atoms. The van der Waals surface area contributed by atoms with Crippen LogP contribution in [0.15, 0.2) is 46.9 Å². The normalized spacial score (nSPS) is 14.6. The molecule has 0 saturated carbocycles. The van der Waals surface area contributed by atoms with Gasteiger partial charge in [-0.1, -0.05) is 22.0 Å². The number of nitrogens with zero attached hydrogens (tertiary/aromatic N) is 1. The summed E-state index contributed by atoms with van der Waals surface area (Å²) in [6.07, 6.45) is 2.61. The molecule has 1 fully saturated rings. The largest absolute Gasteiger partial charge is 0.322 e. The highest BCUT2D eigenvalue weighted by Gasteiger charge is 2.21. The lowest BCUT2D eigenvalue weighted by Gasteiger charge is -2.28. The van der Waals surface area contributed by atoms with Gasteiger partial charge in [0, 0.05) is 34.4 Å². The maximum absolute atomic E-state index is 12.3. The van der Waals surface area contributed by atoms with Crippen LogP contribution in [0.2, 0.25) is 0 Å². The fourth-order valence-corrected chi connectivity index (χ4v) is 3.33. The molecule has 1 aliphatic heterocycles. The summed E-state index contributed by atoms with van der Waals surface area (Å²) in [7, 11) is 0. The molecule has 0 unspecified atom stereocenters. The van der Waals surface area contributed by atoms with Gasteiger partial charge in [-0.05, 0) is 61.7 Å². The van der Waals surface area contributed by atoms with Crippen LogP contribution in [0.1, 0.15) is 35.2 Å². The van der Waals surface area contributed by atoms with E-state index >= 15 is 0 Å². The second kappa shape index (κ2) is 7.18. The monoisotopic (exact) mass is 386 g/mol. The molecule has 0 aromatic heterocycles. The molecule has 1 N–H and O–H groups in total. The van der Waals surface area contributed by atoms with E-state index in [9.17, 15) is 9.59 Å². The van der Waals surface area contributed by atoms with Crippen LogP contribution in [0.4, 0.5) is 11.4 Å². The molecule has 0 aliphatic carbocycles. The first kappa shape index (κ1) is 16.7. The van der Waals surface area contributed by atoms with E-state index in [-0.39, 0.29) is 11.8 Å². The third kappa shape index (κ3) is 3.67. The van der Waals surface area contributed by atoms with Gasteiger partial charge in [-0.3, -0.25) is 9.59 Å². The standard InChI is InChI=1S/C19H19BrN2O2/c1-13-11-16(21-19(24)14-5-4-6-15(20)12-14)8-9-17(13)22-10-3-2-7-18(22)23/h4-6,8-9,11-12H,2-3,7,10H2,1H3,(H,21,24). The van der Waals surface area contributed by atoms with Gasteiger partial charge in [0.1, 0.15) is 0 Å². The lowest BCUT2D eigenvalue weighted by Crippen LogP contribution is -2.35. The third-order valence-corrected chi connectivity index (χ3v) is 4.65. The fourth-order valence-electron chi connectivity index (χ4n) is 2.93. The first-order valence-corrected chi connectivity index (χ1v) is 8.82. The zero-order valence-electron chi connectivity index (χ0n) is 13.5. The topological polar surface area (TPSA) is 49.4 Å². The van der Waals surface area contributed by atoms with Gasteiger partial charge in [0.25, 0.3) is 5.91 Å². The quantitative estimate of drug-likeness (QED) is 0.842. The summed E-state index contributed by atoms with van der Waals surface area (Å²) >= 11 is 3.37.